The first kappa shape index (κ1) is 26.7. The Kier molecular flexibility index (Phi) is 8.00. The molecule has 1 heterocycles. The standard InChI is InChI=1S/C30H33N3O5/c1-7-14-32(29(34)21-16-22(36-4)18-23(17-21)37-5)20(3)28-31-25-11-9-8-10-24(25)30(35)33(28)26-15-19(2)12-13-27(26)38-6/h8-13,15-18,20H,7,14H2,1-6H3. The van der Waals surface area contributed by atoms with Crippen molar-refractivity contribution in [1.29, 1.82) is 0 Å². The molecule has 0 aliphatic heterocycles. The Morgan fingerprint density at radius 2 is 1.66 bits per heavy atom. The van der Waals surface area contributed by atoms with Gasteiger partial charge in [-0.1, -0.05) is 25.1 Å². The van der Waals surface area contributed by atoms with Crippen molar-refractivity contribution in [1.82, 2.24) is 14.5 Å². The predicted molar refractivity (Wildman–Crippen MR) is 148 cm³/mol. The normalized spacial score (nSPS) is 11.7. The third kappa shape index (κ3) is 5.07. The molecule has 0 saturated carbocycles. The zero-order valence-electron chi connectivity index (χ0n) is 22.6. The zero-order valence-corrected chi connectivity index (χ0v) is 22.6. The van der Waals surface area contributed by atoms with E-state index in [1.165, 1.54) is 0 Å². The Morgan fingerprint density at radius 3 is 2.29 bits per heavy atom. The largest absolute Gasteiger partial charge is 0.497 e. The van der Waals surface area contributed by atoms with Crippen LogP contribution in [-0.2, 0) is 0 Å². The summed E-state index contributed by atoms with van der Waals surface area (Å²) in [5, 5.41) is 0.484. The van der Waals surface area contributed by atoms with E-state index in [-0.39, 0.29) is 11.5 Å². The number of ether oxygens (including phenoxy) is 3. The summed E-state index contributed by atoms with van der Waals surface area (Å²) in [7, 11) is 4.66. The van der Waals surface area contributed by atoms with Crippen molar-refractivity contribution in [3.05, 3.63) is 88.0 Å². The third-order valence-corrected chi connectivity index (χ3v) is 6.54. The molecule has 4 aromatic rings. The number of hydrogen-bond donors (Lipinski definition) is 0. The van der Waals surface area contributed by atoms with Gasteiger partial charge in [-0.25, -0.2) is 4.98 Å². The Labute approximate surface area is 222 Å². The van der Waals surface area contributed by atoms with E-state index in [0.29, 0.717) is 58.2 Å². The number of para-hydroxylation sites is 1. The summed E-state index contributed by atoms with van der Waals surface area (Å²) in [6, 6.07) is 17.4. The van der Waals surface area contributed by atoms with Gasteiger partial charge in [0.2, 0.25) is 0 Å². The smallest absolute Gasteiger partial charge is 0.266 e. The maximum atomic E-state index is 14.0. The first-order chi connectivity index (χ1) is 18.3. The molecule has 0 radical (unpaired) electrons. The minimum atomic E-state index is -0.554. The van der Waals surface area contributed by atoms with Crippen LogP contribution in [0.5, 0.6) is 17.2 Å². The molecule has 0 saturated heterocycles. The van der Waals surface area contributed by atoms with Gasteiger partial charge in [-0.15, -0.1) is 0 Å². The summed E-state index contributed by atoms with van der Waals surface area (Å²) in [5.74, 6) is 1.79. The van der Waals surface area contributed by atoms with E-state index in [9.17, 15) is 9.59 Å². The monoisotopic (exact) mass is 515 g/mol. The van der Waals surface area contributed by atoms with Gasteiger partial charge in [0.05, 0.1) is 44.0 Å². The lowest BCUT2D eigenvalue weighted by Gasteiger charge is -2.31. The number of amides is 1. The second-order valence-corrected chi connectivity index (χ2v) is 9.08. The van der Waals surface area contributed by atoms with Crippen molar-refractivity contribution >= 4 is 16.8 Å². The van der Waals surface area contributed by atoms with Crippen LogP contribution in [0.3, 0.4) is 0 Å². The van der Waals surface area contributed by atoms with Crippen molar-refractivity contribution in [3.8, 4) is 22.9 Å². The van der Waals surface area contributed by atoms with E-state index < -0.39 is 6.04 Å². The average molecular weight is 516 g/mol. The van der Waals surface area contributed by atoms with Crippen molar-refractivity contribution in [3.63, 3.8) is 0 Å². The number of carbonyl (C=O) groups excluding carboxylic acids is 1. The number of benzene rings is 3. The van der Waals surface area contributed by atoms with E-state index in [4.69, 9.17) is 19.2 Å². The van der Waals surface area contributed by atoms with Crippen molar-refractivity contribution in [2.45, 2.75) is 33.2 Å². The van der Waals surface area contributed by atoms with Crippen LogP contribution in [0.4, 0.5) is 0 Å². The molecule has 0 fully saturated rings. The lowest BCUT2D eigenvalue weighted by molar-refractivity contribution is 0.0680. The number of aromatic nitrogens is 2. The Morgan fingerprint density at radius 1 is 0.974 bits per heavy atom. The number of hydrogen-bond acceptors (Lipinski definition) is 6. The molecular weight excluding hydrogens is 482 g/mol. The number of aryl methyl sites for hydroxylation is 1. The quantitative estimate of drug-likeness (QED) is 0.300. The van der Waals surface area contributed by atoms with Gasteiger partial charge in [0.1, 0.15) is 23.1 Å². The van der Waals surface area contributed by atoms with Crippen LogP contribution >= 0.6 is 0 Å². The minimum Gasteiger partial charge on any atom is -0.497 e. The molecule has 1 aromatic heterocycles. The number of nitrogens with zero attached hydrogens (tertiary/aromatic N) is 3. The van der Waals surface area contributed by atoms with E-state index in [1.54, 1.807) is 55.1 Å². The lowest BCUT2D eigenvalue weighted by atomic mass is 10.1. The van der Waals surface area contributed by atoms with Crippen LogP contribution < -0.4 is 19.8 Å². The van der Waals surface area contributed by atoms with Gasteiger partial charge in [0, 0.05) is 18.2 Å². The topological polar surface area (TPSA) is 82.9 Å². The molecule has 198 valence electrons. The molecule has 8 nitrogen and oxygen atoms in total. The summed E-state index contributed by atoms with van der Waals surface area (Å²) in [5.41, 5.74) is 2.29. The summed E-state index contributed by atoms with van der Waals surface area (Å²) in [6.07, 6.45) is 0.711. The van der Waals surface area contributed by atoms with E-state index >= 15 is 0 Å². The molecule has 1 amide bonds. The van der Waals surface area contributed by atoms with Gasteiger partial charge >= 0.3 is 0 Å². The molecular formula is C30H33N3O5. The van der Waals surface area contributed by atoms with Crippen LogP contribution in [0.1, 0.15) is 48.1 Å². The van der Waals surface area contributed by atoms with Crippen molar-refractivity contribution < 1.29 is 19.0 Å². The van der Waals surface area contributed by atoms with Gasteiger partial charge in [-0.2, -0.15) is 0 Å². The van der Waals surface area contributed by atoms with E-state index in [2.05, 4.69) is 0 Å². The molecule has 0 N–H and O–H groups in total. The van der Waals surface area contributed by atoms with Gasteiger partial charge in [-0.3, -0.25) is 14.2 Å². The van der Waals surface area contributed by atoms with Crippen LogP contribution in [0.15, 0.2) is 65.5 Å². The Hall–Kier alpha value is -4.33. The molecule has 0 aliphatic carbocycles. The fourth-order valence-corrected chi connectivity index (χ4v) is 4.59. The minimum absolute atomic E-state index is 0.221. The van der Waals surface area contributed by atoms with Gasteiger partial charge in [0.15, 0.2) is 0 Å². The highest BCUT2D eigenvalue weighted by Crippen LogP contribution is 2.30. The predicted octanol–water partition coefficient (Wildman–Crippen LogP) is 5.33. The van der Waals surface area contributed by atoms with Crippen LogP contribution in [-0.4, -0.2) is 48.2 Å². The number of carbonyl (C=O) groups is 1. The Balaban J connectivity index is 1.94. The highest BCUT2D eigenvalue weighted by Gasteiger charge is 2.28. The second kappa shape index (κ2) is 11.4. The molecule has 8 heteroatoms. The molecule has 3 aromatic carbocycles. The summed E-state index contributed by atoms with van der Waals surface area (Å²) in [4.78, 5) is 34.5. The third-order valence-electron chi connectivity index (χ3n) is 6.54. The number of fused-ring (bicyclic) bond motifs is 1. The molecule has 0 bridgehead atoms. The molecule has 0 spiro atoms. The Bertz CT molecular complexity index is 1510. The van der Waals surface area contributed by atoms with Crippen LogP contribution in [0.25, 0.3) is 16.6 Å². The highest BCUT2D eigenvalue weighted by molar-refractivity contribution is 5.95. The van der Waals surface area contributed by atoms with E-state index in [0.717, 1.165) is 5.56 Å². The first-order valence-electron chi connectivity index (χ1n) is 12.5. The molecule has 4 rings (SSSR count). The van der Waals surface area contributed by atoms with Gasteiger partial charge < -0.3 is 19.1 Å². The average Bonchev–Trinajstić information content (AvgIpc) is 2.94. The van der Waals surface area contributed by atoms with Crippen molar-refractivity contribution in [2.75, 3.05) is 27.9 Å². The van der Waals surface area contributed by atoms with Crippen molar-refractivity contribution in [2.24, 2.45) is 0 Å². The fraction of sp³-hybridized carbons (Fsp3) is 0.300. The summed E-state index contributed by atoms with van der Waals surface area (Å²) < 4.78 is 18.0. The van der Waals surface area contributed by atoms with Gasteiger partial charge in [0.25, 0.3) is 11.5 Å². The maximum absolute atomic E-state index is 14.0. The molecule has 1 unspecified atom stereocenters. The lowest BCUT2D eigenvalue weighted by Crippen LogP contribution is -2.38. The summed E-state index contributed by atoms with van der Waals surface area (Å²) >= 11 is 0. The highest BCUT2D eigenvalue weighted by atomic mass is 16.5. The maximum Gasteiger partial charge on any atom is 0.266 e. The molecule has 38 heavy (non-hydrogen) atoms. The summed E-state index contributed by atoms with van der Waals surface area (Å²) in [6.45, 7) is 6.30. The second-order valence-electron chi connectivity index (χ2n) is 9.08. The molecule has 1 atom stereocenters. The first-order valence-corrected chi connectivity index (χ1v) is 12.5. The van der Waals surface area contributed by atoms with Crippen LogP contribution in [0, 0.1) is 6.92 Å². The van der Waals surface area contributed by atoms with Gasteiger partial charge in [-0.05, 0) is 62.2 Å². The number of methoxy groups -OCH3 is 3. The van der Waals surface area contributed by atoms with Crippen LogP contribution in [0.2, 0.25) is 0 Å². The number of rotatable bonds is 9. The molecule has 0 aliphatic rings. The zero-order chi connectivity index (χ0) is 27.4. The SMILES string of the molecule is CCCN(C(=O)c1cc(OC)cc(OC)c1)C(C)c1nc2ccccc2c(=O)n1-c1cc(C)ccc1OC. The van der Waals surface area contributed by atoms with E-state index in [1.807, 2.05) is 57.2 Å². The fourth-order valence-electron chi connectivity index (χ4n) is 4.59.